The molecule has 18 heavy (non-hydrogen) atoms. The average Bonchev–Trinajstić information content (AvgIpc) is 2.42. The number of rotatable bonds is 7. The molecule has 0 bridgehead atoms. The second-order valence-electron chi connectivity index (χ2n) is 5.23. The summed E-state index contributed by atoms with van der Waals surface area (Å²) in [6, 6.07) is 0. The fourth-order valence-electron chi connectivity index (χ4n) is 2.44. The van der Waals surface area contributed by atoms with E-state index in [4.69, 9.17) is 9.47 Å². The first-order valence-electron chi connectivity index (χ1n) is 7.01. The standard InChI is InChI=1S/C14H27NO3/c1-4-13(14(16)17-3)11-15(2)8-5-12-6-9-18-10-7-12/h12-13H,4-11H2,1-3H3. The molecule has 0 aromatic rings. The van der Waals surface area contributed by atoms with Crippen molar-refractivity contribution in [2.75, 3.05) is 40.5 Å². The van der Waals surface area contributed by atoms with Crippen LogP contribution < -0.4 is 0 Å². The Hall–Kier alpha value is -0.610. The van der Waals surface area contributed by atoms with Crippen LogP contribution in [0.1, 0.15) is 32.6 Å². The third-order valence-corrected chi connectivity index (χ3v) is 3.82. The Morgan fingerprint density at radius 2 is 2.11 bits per heavy atom. The van der Waals surface area contributed by atoms with Crippen molar-refractivity contribution in [1.82, 2.24) is 4.90 Å². The van der Waals surface area contributed by atoms with E-state index in [0.29, 0.717) is 0 Å². The van der Waals surface area contributed by atoms with Gasteiger partial charge in [0.05, 0.1) is 13.0 Å². The lowest BCUT2D eigenvalue weighted by atomic mass is 9.96. The molecular weight excluding hydrogens is 230 g/mol. The second kappa shape index (κ2) is 8.48. The minimum Gasteiger partial charge on any atom is -0.469 e. The summed E-state index contributed by atoms with van der Waals surface area (Å²) in [5, 5.41) is 0. The largest absolute Gasteiger partial charge is 0.469 e. The molecule has 106 valence electrons. The van der Waals surface area contributed by atoms with E-state index in [9.17, 15) is 4.79 Å². The van der Waals surface area contributed by atoms with Gasteiger partial charge in [0.2, 0.25) is 0 Å². The third-order valence-electron chi connectivity index (χ3n) is 3.82. The third kappa shape index (κ3) is 5.36. The summed E-state index contributed by atoms with van der Waals surface area (Å²) >= 11 is 0. The van der Waals surface area contributed by atoms with Crippen molar-refractivity contribution in [2.45, 2.75) is 32.6 Å². The molecule has 1 aliphatic rings. The van der Waals surface area contributed by atoms with Crippen LogP contribution >= 0.6 is 0 Å². The van der Waals surface area contributed by atoms with Crippen LogP contribution in [0.25, 0.3) is 0 Å². The monoisotopic (exact) mass is 257 g/mol. The van der Waals surface area contributed by atoms with Crippen LogP contribution in [0.5, 0.6) is 0 Å². The predicted molar refractivity (Wildman–Crippen MR) is 71.5 cm³/mol. The van der Waals surface area contributed by atoms with Crippen molar-refractivity contribution < 1.29 is 14.3 Å². The van der Waals surface area contributed by atoms with Crippen LogP contribution in [-0.4, -0.2) is 51.3 Å². The van der Waals surface area contributed by atoms with Gasteiger partial charge in [0.15, 0.2) is 0 Å². The van der Waals surface area contributed by atoms with Gasteiger partial charge in [0.1, 0.15) is 0 Å². The minimum atomic E-state index is -0.0876. The van der Waals surface area contributed by atoms with Crippen molar-refractivity contribution >= 4 is 5.97 Å². The maximum atomic E-state index is 11.5. The number of carbonyl (C=O) groups is 1. The van der Waals surface area contributed by atoms with Gasteiger partial charge in [-0.25, -0.2) is 0 Å². The van der Waals surface area contributed by atoms with Crippen molar-refractivity contribution in [1.29, 1.82) is 0 Å². The Kier molecular flexibility index (Phi) is 7.28. The van der Waals surface area contributed by atoms with Crippen molar-refractivity contribution in [3.8, 4) is 0 Å². The number of hydrogen-bond donors (Lipinski definition) is 0. The van der Waals surface area contributed by atoms with Crippen LogP contribution in [0, 0.1) is 11.8 Å². The Bertz CT molecular complexity index is 239. The molecule has 1 aliphatic heterocycles. The predicted octanol–water partition coefficient (Wildman–Crippen LogP) is 1.93. The zero-order valence-electron chi connectivity index (χ0n) is 12.0. The molecule has 0 radical (unpaired) electrons. The minimum absolute atomic E-state index is 0.00897. The summed E-state index contributed by atoms with van der Waals surface area (Å²) < 4.78 is 10.2. The molecule has 1 rings (SSSR count). The summed E-state index contributed by atoms with van der Waals surface area (Å²) in [6.07, 6.45) is 4.41. The van der Waals surface area contributed by atoms with E-state index >= 15 is 0 Å². The van der Waals surface area contributed by atoms with E-state index in [1.165, 1.54) is 26.4 Å². The van der Waals surface area contributed by atoms with Gasteiger partial charge in [-0.05, 0) is 45.2 Å². The molecule has 0 aromatic carbocycles. The summed E-state index contributed by atoms with van der Waals surface area (Å²) in [4.78, 5) is 13.8. The number of methoxy groups -OCH3 is 1. The molecule has 0 amide bonds. The van der Waals surface area contributed by atoms with Gasteiger partial charge >= 0.3 is 5.97 Å². The van der Waals surface area contributed by atoms with Gasteiger partial charge < -0.3 is 14.4 Å². The molecule has 1 atom stereocenters. The molecule has 4 heteroatoms. The lowest BCUT2D eigenvalue weighted by molar-refractivity contribution is -0.146. The van der Waals surface area contributed by atoms with Crippen molar-refractivity contribution in [3.05, 3.63) is 0 Å². The fourth-order valence-corrected chi connectivity index (χ4v) is 2.44. The lowest BCUT2D eigenvalue weighted by Gasteiger charge is -2.26. The smallest absolute Gasteiger partial charge is 0.309 e. The van der Waals surface area contributed by atoms with E-state index in [2.05, 4.69) is 11.9 Å². The Morgan fingerprint density at radius 3 is 2.67 bits per heavy atom. The number of ether oxygens (including phenoxy) is 2. The summed E-state index contributed by atoms with van der Waals surface area (Å²) in [5.41, 5.74) is 0. The molecule has 0 saturated carbocycles. The lowest BCUT2D eigenvalue weighted by Crippen LogP contribution is -2.32. The molecule has 1 unspecified atom stereocenters. The Labute approximate surface area is 111 Å². The number of hydrogen-bond acceptors (Lipinski definition) is 4. The molecule has 0 spiro atoms. The highest BCUT2D eigenvalue weighted by atomic mass is 16.5. The van der Waals surface area contributed by atoms with E-state index in [1.807, 2.05) is 6.92 Å². The highest BCUT2D eigenvalue weighted by molar-refractivity contribution is 5.72. The van der Waals surface area contributed by atoms with Crippen LogP contribution in [-0.2, 0) is 14.3 Å². The van der Waals surface area contributed by atoms with E-state index in [-0.39, 0.29) is 11.9 Å². The van der Waals surface area contributed by atoms with Crippen LogP contribution in [0.3, 0.4) is 0 Å². The average molecular weight is 257 g/mol. The summed E-state index contributed by atoms with van der Waals surface area (Å²) in [6.45, 7) is 5.71. The molecule has 0 aromatic heterocycles. The molecular formula is C14H27NO3. The van der Waals surface area contributed by atoms with Crippen molar-refractivity contribution in [3.63, 3.8) is 0 Å². The fraction of sp³-hybridized carbons (Fsp3) is 0.929. The Morgan fingerprint density at radius 1 is 1.44 bits per heavy atom. The van der Waals surface area contributed by atoms with E-state index < -0.39 is 0 Å². The quantitative estimate of drug-likeness (QED) is 0.653. The number of nitrogens with zero attached hydrogens (tertiary/aromatic N) is 1. The number of esters is 1. The van der Waals surface area contributed by atoms with Gasteiger partial charge in [0.25, 0.3) is 0 Å². The number of carbonyl (C=O) groups excluding carboxylic acids is 1. The second-order valence-corrected chi connectivity index (χ2v) is 5.23. The van der Waals surface area contributed by atoms with E-state index in [1.54, 1.807) is 0 Å². The van der Waals surface area contributed by atoms with Gasteiger partial charge in [-0.1, -0.05) is 6.92 Å². The summed E-state index contributed by atoms with van der Waals surface area (Å²) in [5.74, 6) is 0.713. The molecule has 1 fully saturated rings. The van der Waals surface area contributed by atoms with E-state index in [0.717, 1.165) is 38.6 Å². The van der Waals surface area contributed by atoms with Gasteiger partial charge in [-0.2, -0.15) is 0 Å². The molecule has 1 saturated heterocycles. The zero-order valence-corrected chi connectivity index (χ0v) is 12.0. The SMILES string of the molecule is CCC(CN(C)CCC1CCOCC1)C(=O)OC. The molecule has 4 nitrogen and oxygen atoms in total. The van der Waals surface area contributed by atoms with Crippen LogP contribution in [0.4, 0.5) is 0 Å². The molecule has 0 aliphatic carbocycles. The summed E-state index contributed by atoms with van der Waals surface area (Å²) in [7, 11) is 3.55. The molecule has 0 N–H and O–H groups in total. The first kappa shape index (κ1) is 15.4. The molecule has 1 heterocycles. The van der Waals surface area contributed by atoms with Crippen LogP contribution in [0.15, 0.2) is 0 Å². The van der Waals surface area contributed by atoms with Crippen LogP contribution in [0.2, 0.25) is 0 Å². The maximum absolute atomic E-state index is 11.5. The zero-order chi connectivity index (χ0) is 13.4. The highest BCUT2D eigenvalue weighted by Gasteiger charge is 2.20. The maximum Gasteiger partial charge on any atom is 0.309 e. The topological polar surface area (TPSA) is 38.8 Å². The van der Waals surface area contributed by atoms with Crippen molar-refractivity contribution in [2.24, 2.45) is 11.8 Å². The van der Waals surface area contributed by atoms with Gasteiger partial charge in [-0.3, -0.25) is 4.79 Å². The normalized spacial score (nSPS) is 18.9. The van der Waals surface area contributed by atoms with Gasteiger partial charge in [-0.15, -0.1) is 0 Å². The highest BCUT2D eigenvalue weighted by Crippen LogP contribution is 2.19. The van der Waals surface area contributed by atoms with Gasteiger partial charge in [0, 0.05) is 19.8 Å². The Balaban J connectivity index is 2.22. The first-order chi connectivity index (χ1) is 8.67. The first-order valence-corrected chi connectivity index (χ1v) is 7.01.